The van der Waals surface area contributed by atoms with Crippen molar-refractivity contribution in [1.82, 2.24) is 5.32 Å². The molecule has 2 aromatic carbocycles. The van der Waals surface area contributed by atoms with Gasteiger partial charge in [-0.15, -0.1) is 0 Å². The standard InChI is InChI=1S/C21H19NO8/c1-22-10-4-3-5-30-11-6-9-14(20(26)15(10)11)19(25)13-8(17(9)23)7-12(29-2)18(24)16(13)21(27)28/h3-4,6-7,10,21-22,24,26-28H,5H2,1-2H3/t10-/m0/s1. The first-order valence-electron chi connectivity index (χ1n) is 9.07. The van der Waals surface area contributed by atoms with E-state index in [-0.39, 0.29) is 40.4 Å². The Hall–Kier alpha value is -3.40. The molecule has 9 heteroatoms. The molecule has 0 saturated carbocycles. The number of benzene rings is 2. The maximum absolute atomic E-state index is 13.4. The number of rotatable bonds is 3. The van der Waals surface area contributed by atoms with E-state index in [2.05, 4.69) is 5.32 Å². The highest BCUT2D eigenvalue weighted by atomic mass is 16.5. The van der Waals surface area contributed by atoms with Crippen LogP contribution in [0.25, 0.3) is 0 Å². The van der Waals surface area contributed by atoms with Gasteiger partial charge in [-0.25, -0.2) is 0 Å². The van der Waals surface area contributed by atoms with Crippen molar-refractivity contribution in [3.63, 3.8) is 0 Å². The third-order valence-electron chi connectivity index (χ3n) is 5.31. The molecule has 156 valence electrons. The summed E-state index contributed by atoms with van der Waals surface area (Å²) in [6.07, 6.45) is 1.23. The van der Waals surface area contributed by atoms with Gasteiger partial charge in [0.25, 0.3) is 0 Å². The van der Waals surface area contributed by atoms with Crippen molar-refractivity contribution in [3.8, 4) is 23.0 Å². The predicted molar refractivity (Wildman–Crippen MR) is 103 cm³/mol. The summed E-state index contributed by atoms with van der Waals surface area (Å²) in [4.78, 5) is 26.6. The van der Waals surface area contributed by atoms with Crippen LogP contribution in [0.5, 0.6) is 23.0 Å². The molecule has 2 aromatic rings. The molecule has 0 amide bonds. The van der Waals surface area contributed by atoms with Crippen molar-refractivity contribution in [1.29, 1.82) is 0 Å². The monoisotopic (exact) mass is 413 g/mol. The minimum Gasteiger partial charge on any atom is -0.507 e. The second-order valence-electron chi connectivity index (χ2n) is 6.86. The highest BCUT2D eigenvalue weighted by Gasteiger charge is 2.40. The summed E-state index contributed by atoms with van der Waals surface area (Å²) in [5.41, 5.74) is -1.26. The SMILES string of the molecule is CN[C@H]1C=CCOc2cc3c(c(O)c21)C(=O)c1c(cc(OC)c(O)c1C(O)O)C3=O. The summed E-state index contributed by atoms with van der Waals surface area (Å²) < 4.78 is 10.6. The Morgan fingerprint density at radius 1 is 1.10 bits per heavy atom. The van der Waals surface area contributed by atoms with E-state index in [1.807, 2.05) is 0 Å². The van der Waals surface area contributed by atoms with Crippen LogP contribution in [-0.4, -0.2) is 52.8 Å². The fourth-order valence-corrected chi connectivity index (χ4v) is 3.92. The van der Waals surface area contributed by atoms with Gasteiger partial charge in [0.1, 0.15) is 18.1 Å². The number of aliphatic hydroxyl groups excluding tert-OH is 1. The highest BCUT2D eigenvalue weighted by molar-refractivity contribution is 6.30. The molecule has 0 radical (unpaired) electrons. The quantitative estimate of drug-likeness (QED) is 0.314. The van der Waals surface area contributed by atoms with Crippen molar-refractivity contribution in [2.45, 2.75) is 12.3 Å². The number of hydrogen-bond donors (Lipinski definition) is 5. The minimum absolute atomic E-state index is 0.0911. The van der Waals surface area contributed by atoms with Gasteiger partial charge in [0, 0.05) is 16.7 Å². The van der Waals surface area contributed by atoms with E-state index in [1.54, 1.807) is 19.2 Å². The topological polar surface area (TPSA) is 146 Å². The van der Waals surface area contributed by atoms with Gasteiger partial charge in [-0.05, 0) is 25.3 Å². The van der Waals surface area contributed by atoms with Crippen LogP contribution in [0.4, 0.5) is 0 Å². The molecule has 2 aliphatic rings. The summed E-state index contributed by atoms with van der Waals surface area (Å²) in [5.74, 6) is -2.57. The molecule has 4 rings (SSSR count). The van der Waals surface area contributed by atoms with E-state index in [0.29, 0.717) is 0 Å². The van der Waals surface area contributed by atoms with Crippen LogP contribution in [0.3, 0.4) is 0 Å². The molecular weight excluding hydrogens is 394 g/mol. The van der Waals surface area contributed by atoms with Crippen molar-refractivity contribution in [2.24, 2.45) is 0 Å². The molecule has 5 N–H and O–H groups in total. The van der Waals surface area contributed by atoms with Crippen molar-refractivity contribution < 1.29 is 39.5 Å². The first-order valence-corrected chi connectivity index (χ1v) is 9.07. The molecule has 0 spiro atoms. The molecule has 1 aliphatic heterocycles. The van der Waals surface area contributed by atoms with Crippen molar-refractivity contribution >= 4 is 11.6 Å². The molecule has 0 saturated heterocycles. The van der Waals surface area contributed by atoms with Crippen LogP contribution in [0.1, 0.15) is 55.3 Å². The molecule has 9 nitrogen and oxygen atoms in total. The normalized spacial score (nSPS) is 17.2. The van der Waals surface area contributed by atoms with Crippen molar-refractivity contribution in [3.05, 3.63) is 57.7 Å². The lowest BCUT2D eigenvalue weighted by molar-refractivity contribution is -0.0445. The number of hydrogen-bond acceptors (Lipinski definition) is 9. The summed E-state index contributed by atoms with van der Waals surface area (Å²) in [7, 11) is 2.89. The van der Waals surface area contributed by atoms with Gasteiger partial charge in [0.2, 0.25) is 0 Å². The van der Waals surface area contributed by atoms with Gasteiger partial charge >= 0.3 is 0 Å². The van der Waals surface area contributed by atoms with Crippen molar-refractivity contribution in [2.75, 3.05) is 20.8 Å². The zero-order chi connectivity index (χ0) is 21.7. The van der Waals surface area contributed by atoms with Gasteiger partial charge in [-0.1, -0.05) is 6.08 Å². The molecule has 0 unspecified atom stereocenters. The Labute approximate surface area is 170 Å². The average molecular weight is 413 g/mol. The van der Waals surface area contributed by atoms with Crippen LogP contribution in [0, 0.1) is 0 Å². The summed E-state index contributed by atoms with van der Waals surface area (Å²) in [5, 5.41) is 43.9. The Morgan fingerprint density at radius 3 is 2.43 bits per heavy atom. The van der Waals surface area contributed by atoms with Crippen LogP contribution in [-0.2, 0) is 0 Å². The van der Waals surface area contributed by atoms with Gasteiger partial charge in [0.15, 0.2) is 29.4 Å². The average Bonchev–Trinajstić information content (AvgIpc) is 2.93. The van der Waals surface area contributed by atoms with E-state index in [4.69, 9.17) is 9.47 Å². The zero-order valence-corrected chi connectivity index (χ0v) is 16.1. The number of ketones is 2. The van der Waals surface area contributed by atoms with E-state index in [1.165, 1.54) is 13.2 Å². The number of methoxy groups -OCH3 is 1. The lowest BCUT2D eigenvalue weighted by Gasteiger charge is -2.26. The minimum atomic E-state index is -2.26. The molecule has 1 heterocycles. The van der Waals surface area contributed by atoms with E-state index in [9.17, 15) is 30.0 Å². The molecule has 30 heavy (non-hydrogen) atoms. The number of phenols is 2. The smallest absolute Gasteiger partial charge is 0.198 e. The lowest BCUT2D eigenvalue weighted by atomic mass is 9.79. The Bertz CT molecular complexity index is 1120. The number of carbonyl (C=O) groups is 2. The molecule has 0 aromatic heterocycles. The third-order valence-corrected chi connectivity index (χ3v) is 5.31. The van der Waals surface area contributed by atoms with Gasteiger partial charge in [-0.2, -0.15) is 0 Å². The van der Waals surface area contributed by atoms with E-state index >= 15 is 0 Å². The number of aliphatic hydroxyl groups is 2. The summed E-state index contributed by atoms with van der Waals surface area (Å²) in [6.45, 7) is 0.213. The number of ether oxygens (including phenoxy) is 2. The number of likely N-dealkylation sites (N-methyl/N-ethyl adjacent to an activating group) is 1. The lowest BCUT2D eigenvalue weighted by Crippen LogP contribution is -2.25. The molecule has 1 aliphatic carbocycles. The first kappa shape index (κ1) is 19.9. The predicted octanol–water partition coefficient (Wildman–Crippen LogP) is 1.07. The third kappa shape index (κ3) is 2.67. The molecule has 1 atom stereocenters. The Kier molecular flexibility index (Phi) is 4.73. The second-order valence-corrected chi connectivity index (χ2v) is 6.86. The zero-order valence-electron chi connectivity index (χ0n) is 16.1. The largest absolute Gasteiger partial charge is 0.507 e. The summed E-state index contributed by atoms with van der Waals surface area (Å²) >= 11 is 0. The van der Waals surface area contributed by atoms with Crippen LogP contribution >= 0.6 is 0 Å². The fraction of sp³-hybridized carbons (Fsp3) is 0.238. The van der Waals surface area contributed by atoms with Gasteiger partial charge < -0.3 is 35.2 Å². The van der Waals surface area contributed by atoms with Crippen LogP contribution in [0.2, 0.25) is 0 Å². The van der Waals surface area contributed by atoms with Gasteiger partial charge in [0.05, 0.1) is 29.8 Å². The number of phenolic OH excluding ortho intramolecular Hbond substituents is 2. The van der Waals surface area contributed by atoms with E-state index in [0.717, 1.165) is 6.07 Å². The Balaban J connectivity index is 2.05. The maximum Gasteiger partial charge on any atom is 0.198 e. The first-order chi connectivity index (χ1) is 14.3. The van der Waals surface area contributed by atoms with Gasteiger partial charge in [-0.3, -0.25) is 9.59 Å². The van der Waals surface area contributed by atoms with Crippen LogP contribution < -0.4 is 14.8 Å². The maximum atomic E-state index is 13.4. The fourth-order valence-electron chi connectivity index (χ4n) is 3.92. The Morgan fingerprint density at radius 2 is 1.80 bits per heavy atom. The number of carbonyl (C=O) groups excluding carboxylic acids is 2. The molecule has 0 bridgehead atoms. The highest BCUT2D eigenvalue weighted by Crippen LogP contribution is 2.47. The number of nitrogens with one attached hydrogen (secondary N) is 1. The second kappa shape index (κ2) is 7.13. The number of aromatic hydroxyl groups is 2. The van der Waals surface area contributed by atoms with E-state index < -0.39 is 46.5 Å². The molecule has 0 fully saturated rings. The van der Waals surface area contributed by atoms with Crippen LogP contribution in [0.15, 0.2) is 24.3 Å². The molecular formula is C21H19NO8. The summed E-state index contributed by atoms with van der Waals surface area (Å²) in [6, 6.07) is 2.06. The number of fused-ring (bicyclic) bond motifs is 3.